The Hall–Kier alpha value is 0.0600. The van der Waals surface area contributed by atoms with Gasteiger partial charge in [-0.1, -0.05) is 90.4 Å². The van der Waals surface area contributed by atoms with Crippen LogP contribution in [0.1, 0.15) is 103 Å². The molecule has 0 heterocycles. The van der Waals surface area contributed by atoms with Crippen molar-refractivity contribution in [1.29, 1.82) is 0 Å². The summed E-state index contributed by atoms with van der Waals surface area (Å²) < 4.78 is 38.4. The normalized spacial score (nSPS) is 12.6. The summed E-state index contributed by atoms with van der Waals surface area (Å²) in [5, 5.41) is 0. The topological polar surface area (TPSA) is 101 Å². The van der Waals surface area contributed by atoms with Gasteiger partial charge < -0.3 is 9.79 Å². The molecule has 27 heavy (non-hydrogen) atoms. The molecule has 0 rings (SSSR count). The van der Waals surface area contributed by atoms with Crippen molar-refractivity contribution in [3.8, 4) is 0 Å². The third-order valence-corrected chi connectivity index (χ3v) is 7.01. The van der Waals surface area contributed by atoms with E-state index in [1.807, 2.05) is 0 Å². The molecule has 0 aromatic heterocycles. The molecule has 0 radical (unpaired) electrons. The second kappa shape index (κ2) is 17.0. The van der Waals surface area contributed by atoms with Gasteiger partial charge in [0.15, 0.2) is 0 Å². The zero-order valence-corrected chi connectivity index (χ0v) is 18.8. The Morgan fingerprint density at radius 2 is 1.04 bits per heavy atom. The van der Waals surface area contributed by atoms with Crippen molar-refractivity contribution in [1.82, 2.24) is 0 Å². The molecule has 0 atom stereocenters. The van der Waals surface area contributed by atoms with E-state index in [1.54, 1.807) is 0 Å². The maximum Gasteiger partial charge on any atom is 0.469 e. The lowest BCUT2D eigenvalue weighted by atomic mass is 10.0. The van der Waals surface area contributed by atoms with E-state index < -0.39 is 17.7 Å². The molecular weight excluding hydrogens is 387 g/mol. The monoisotopic (exact) mass is 428 g/mol. The lowest BCUT2D eigenvalue weighted by Gasteiger charge is -2.06. The van der Waals surface area contributed by atoms with Crippen molar-refractivity contribution >= 4 is 17.7 Å². The van der Waals surface area contributed by atoms with Gasteiger partial charge in [0.1, 0.15) is 9.84 Å². The minimum absolute atomic E-state index is 0.0779. The fraction of sp³-hybridized carbons (Fsp3) is 1.00. The van der Waals surface area contributed by atoms with Crippen LogP contribution >= 0.6 is 7.82 Å². The summed E-state index contributed by atoms with van der Waals surface area (Å²) in [6, 6.07) is 0. The highest BCUT2D eigenvalue weighted by Gasteiger charge is 2.15. The van der Waals surface area contributed by atoms with Crippen LogP contribution in [0.4, 0.5) is 0 Å². The first-order chi connectivity index (χ1) is 12.8. The van der Waals surface area contributed by atoms with Crippen LogP contribution in [0, 0.1) is 0 Å². The highest BCUT2D eigenvalue weighted by atomic mass is 32.2. The van der Waals surface area contributed by atoms with E-state index in [1.165, 1.54) is 70.6 Å². The Morgan fingerprint density at radius 3 is 1.44 bits per heavy atom. The number of hydrogen-bond donors (Lipinski definition) is 2. The first-order valence-electron chi connectivity index (χ1n) is 10.7. The summed E-state index contributed by atoms with van der Waals surface area (Å²) >= 11 is 0. The average Bonchev–Trinajstić information content (AvgIpc) is 2.58. The molecule has 0 amide bonds. The highest BCUT2D eigenvalue weighted by molar-refractivity contribution is 7.91. The Labute approximate surface area is 166 Å². The Kier molecular flexibility index (Phi) is 17.0. The van der Waals surface area contributed by atoms with Crippen molar-refractivity contribution in [3.63, 3.8) is 0 Å². The molecule has 0 aliphatic heterocycles. The van der Waals surface area contributed by atoms with Gasteiger partial charge >= 0.3 is 7.82 Å². The first-order valence-corrected chi connectivity index (χ1v) is 14.0. The maximum atomic E-state index is 11.8. The fourth-order valence-corrected chi connectivity index (χ4v) is 4.85. The van der Waals surface area contributed by atoms with Gasteiger partial charge in [-0.15, -0.1) is 0 Å². The third-order valence-electron chi connectivity index (χ3n) is 4.67. The van der Waals surface area contributed by atoms with Gasteiger partial charge in [0.2, 0.25) is 0 Å². The molecule has 164 valence electrons. The molecule has 0 saturated carbocycles. The Morgan fingerprint density at radius 1 is 0.667 bits per heavy atom. The summed E-state index contributed by atoms with van der Waals surface area (Å²) in [5.41, 5.74) is 0. The Bertz CT molecular complexity index is 475. The molecular formula is C19H41O6PS. The summed E-state index contributed by atoms with van der Waals surface area (Å²) in [5.74, 6) is 0.0758. The molecule has 0 aromatic carbocycles. The van der Waals surface area contributed by atoms with Crippen LogP contribution in [0.5, 0.6) is 0 Å². The number of rotatable bonds is 20. The maximum absolute atomic E-state index is 11.8. The molecule has 0 aliphatic rings. The smallest absolute Gasteiger partial charge is 0.303 e. The molecule has 0 aliphatic carbocycles. The minimum Gasteiger partial charge on any atom is -0.303 e. The fourth-order valence-electron chi connectivity index (χ4n) is 3.08. The zero-order chi connectivity index (χ0) is 20.4. The van der Waals surface area contributed by atoms with Crippen molar-refractivity contribution in [2.45, 2.75) is 103 Å². The van der Waals surface area contributed by atoms with Crippen molar-refractivity contribution < 1.29 is 27.3 Å². The van der Waals surface area contributed by atoms with Crippen LogP contribution in [0.3, 0.4) is 0 Å². The number of phosphoric acid groups is 1. The summed E-state index contributed by atoms with van der Waals surface area (Å²) in [4.78, 5) is 17.1. The minimum atomic E-state index is -4.49. The van der Waals surface area contributed by atoms with Crippen molar-refractivity contribution in [2.24, 2.45) is 0 Å². The van der Waals surface area contributed by atoms with E-state index in [9.17, 15) is 13.0 Å². The SMILES string of the molecule is CCCCCCCCCCCCCCCCS(=O)(=O)CCCOP(=O)(O)O. The van der Waals surface area contributed by atoms with Gasteiger partial charge in [-0.25, -0.2) is 13.0 Å². The van der Waals surface area contributed by atoms with Crippen LogP contribution in [-0.4, -0.2) is 36.3 Å². The molecule has 6 nitrogen and oxygen atoms in total. The van der Waals surface area contributed by atoms with E-state index in [0.29, 0.717) is 6.42 Å². The summed E-state index contributed by atoms with van der Waals surface area (Å²) in [7, 11) is -7.64. The van der Waals surface area contributed by atoms with Gasteiger partial charge in [-0.2, -0.15) is 0 Å². The van der Waals surface area contributed by atoms with Crippen LogP contribution in [0.2, 0.25) is 0 Å². The van der Waals surface area contributed by atoms with Crippen LogP contribution in [0.25, 0.3) is 0 Å². The zero-order valence-electron chi connectivity index (χ0n) is 17.1. The van der Waals surface area contributed by atoms with Crippen molar-refractivity contribution in [2.75, 3.05) is 18.1 Å². The second-order valence-electron chi connectivity index (χ2n) is 7.43. The number of sulfone groups is 1. The molecule has 0 spiro atoms. The quantitative estimate of drug-likeness (QED) is 0.199. The van der Waals surface area contributed by atoms with E-state index in [2.05, 4.69) is 11.4 Å². The first kappa shape index (κ1) is 27.1. The lowest BCUT2D eigenvalue weighted by molar-refractivity contribution is 0.197. The highest BCUT2D eigenvalue weighted by Crippen LogP contribution is 2.35. The van der Waals surface area contributed by atoms with E-state index >= 15 is 0 Å². The molecule has 0 bridgehead atoms. The van der Waals surface area contributed by atoms with Crippen LogP contribution in [-0.2, 0) is 18.9 Å². The van der Waals surface area contributed by atoms with E-state index in [0.717, 1.165) is 12.8 Å². The molecule has 0 aromatic rings. The number of unbranched alkanes of at least 4 members (excludes halogenated alkanes) is 13. The predicted molar refractivity (Wildman–Crippen MR) is 112 cm³/mol. The summed E-state index contributed by atoms with van der Waals surface area (Å²) in [6.45, 7) is 2.01. The Balaban J connectivity index is 3.36. The standard InChI is InChI=1S/C19H41O6PS/c1-2-3-4-5-6-7-8-9-10-11-12-13-14-15-18-27(23,24)19-16-17-25-26(20,21)22/h2-19H2,1H3,(H2,20,21,22). The van der Waals surface area contributed by atoms with Crippen LogP contribution in [0.15, 0.2) is 0 Å². The van der Waals surface area contributed by atoms with Crippen LogP contribution < -0.4 is 0 Å². The third kappa shape index (κ3) is 22.2. The average molecular weight is 429 g/mol. The second-order valence-corrected chi connectivity index (χ2v) is 11.0. The predicted octanol–water partition coefficient (Wildman–Crippen LogP) is 5.38. The molecule has 0 unspecified atom stereocenters. The largest absolute Gasteiger partial charge is 0.469 e. The van der Waals surface area contributed by atoms with Gasteiger partial charge in [0.25, 0.3) is 0 Å². The lowest BCUT2D eigenvalue weighted by Crippen LogP contribution is -2.12. The summed E-state index contributed by atoms with van der Waals surface area (Å²) in [6.07, 6.45) is 17.3. The molecule has 0 saturated heterocycles. The molecule has 8 heteroatoms. The van der Waals surface area contributed by atoms with E-state index in [4.69, 9.17) is 9.79 Å². The number of phosphoric ester groups is 1. The van der Waals surface area contributed by atoms with E-state index in [-0.39, 0.29) is 24.5 Å². The van der Waals surface area contributed by atoms with Gasteiger partial charge in [-0.3, -0.25) is 4.52 Å². The van der Waals surface area contributed by atoms with Gasteiger partial charge in [0.05, 0.1) is 18.1 Å². The molecule has 0 fully saturated rings. The number of hydrogen-bond acceptors (Lipinski definition) is 4. The van der Waals surface area contributed by atoms with Gasteiger partial charge in [-0.05, 0) is 12.8 Å². The van der Waals surface area contributed by atoms with Crippen molar-refractivity contribution in [3.05, 3.63) is 0 Å². The van der Waals surface area contributed by atoms with Gasteiger partial charge in [0, 0.05) is 0 Å². The molecule has 2 N–H and O–H groups in total.